The van der Waals surface area contributed by atoms with Crippen molar-refractivity contribution in [1.29, 1.82) is 0 Å². The lowest BCUT2D eigenvalue weighted by atomic mass is 9.74. The first kappa shape index (κ1) is 26.1. The highest BCUT2D eigenvalue weighted by Crippen LogP contribution is 2.39. The highest BCUT2D eigenvalue weighted by molar-refractivity contribution is 9.10. The van der Waals surface area contributed by atoms with Gasteiger partial charge in [0.15, 0.2) is 5.78 Å². The fourth-order valence-corrected chi connectivity index (χ4v) is 5.97. The third kappa shape index (κ3) is 4.30. The van der Waals surface area contributed by atoms with Crippen LogP contribution in [-0.4, -0.2) is 36.5 Å². The van der Waals surface area contributed by atoms with Gasteiger partial charge < -0.3 is 9.31 Å². The van der Waals surface area contributed by atoms with E-state index in [9.17, 15) is 13.2 Å². The van der Waals surface area contributed by atoms with E-state index in [2.05, 4.69) is 15.9 Å². The molecule has 0 spiro atoms. The van der Waals surface area contributed by atoms with E-state index in [0.29, 0.717) is 26.4 Å². The van der Waals surface area contributed by atoms with Crippen LogP contribution in [0.15, 0.2) is 52.0 Å². The zero-order valence-electron chi connectivity index (χ0n) is 21.4. The molecule has 9 heteroatoms. The Morgan fingerprint density at radius 3 is 2.03 bits per heavy atom. The molecule has 0 amide bonds. The number of aromatic nitrogens is 1. The summed E-state index contributed by atoms with van der Waals surface area (Å²) in [7, 11) is -4.76. The Hall–Kier alpha value is -1.94. The molecule has 6 nitrogen and oxygen atoms in total. The zero-order chi connectivity index (χ0) is 26.1. The smallest absolute Gasteiger partial charge is 0.399 e. The molecule has 186 valence electrons. The van der Waals surface area contributed by atoms with E-state index in [0.717, 1.165) is 5.56 Å². The first-order valence-corrected chi connectivity index (χ1v) is 13.8. The SMILES string of the molecule is Cc1ccc(S(=O)(=O)n2cc(C(=O)C(C)(C)C)c3c(B4OC(C)(C)C(C)(C)O4)c(Br)ccc32)cc1. The second-order valence-corrected chi connectivity index (χ2v) is 13.8. The van der Waals surface area contributed by atoms with Crippen LogP contribution in [0.4, 0.5) is 0 Å². The number of carbonyl (C=O) groups excluding carboxylic acids is 1. The second kappa shape index (κ2) is 8.30. The number of aryl methyl sites for hydroxylation is 1. The molecule has 4 rings (SSSR count). The van der Waals surface area contributed by atoms with Crippen LogP contribution in [0, 0.1) is 12.3 Å². The molecule has 2 aromatic carbocycles. The van der Waals surface area contributed by atoms with Gasteiger partial charge in [-0.1, -0.05) is 54.4 Å². The van der Waals surface area contributed by atoms with Gasteiger partial charge in [0.1, 0.15) is 0 Å². The summed E-state index contributed by atoms with van der Waals surface area (Å²) in [6.07, 6.45) is 1.44. The lowest BCUT2D eigenvalue weighted by Crippen LogP contribution is -2.41. The number of hydrogen-bond donors (Lipinski definition) is 0. The highest BCUT2D eigenvalue weighted by Gasteiger charge is 2.53. The fourth-order valence-electron chi connectivity index (χ4n) is 4.09. The van der Waals surface area contributed by atoms with Crippen LogP contribution in [0.25, 0.3) is 10.9 Å². The molecular weight excluding hydrogens is 529 g/mol. The third-order valence-corrected chi connectivity index (χ3v) is 9.30. The molecule has 0 radical (unpaired) electrons. The van der Waals surface area contributed by atoms with Crippen LogP contribution in [0.1, 0.15) is 64.4 Å². The van der Waals surface area contributed by atoms with Gasteiger partial charge >= 0.3 is 7.12 Å². The summed E-state index contributed by atoms with van der Waals surface area (Å²) in [5, 5.41) is 0.508. The lowest BCUT2D eigenvalue weighted by molar-refractivity contribution is 0.00578. The van der Waals surface area contributed by atoms with E-state index < -0.39 is 33.8 Å². The monoisotopic (exact) mass is 559 g/mol. The van der Waals surface area contributed by atoms with Crippen LogP contribution < -0.4 is 5.46 Å². The van der Waals surface area contributed by atoms with Gasteiger partial charge in [0, 0.05) is 32.5 Å². The molecular formula is C26H31BBrNO5S. The number of benzene rings is 2. The Morgan fingerprint density at radius 1 is 0.971 bits per heavy atom. The van der Waals surface area contributed by atoms with Crippen LogP contribution in [-0.2, 0) is 19.3 Å². The van der Waals surface area contributed by atoms with Gasteiger partial charge in [-0.2, -0.15) is 0 Å². The number of ketones is 1. The molecule has 0 atom stereocenters. The summed E-state index contributed by atoms with van der Waals surface area (Å²) < 4.78 is 42.0. The van der Waals surface area contributed by atoms with Gasteiger partial charge in [-0.15, -0.1) is 0 Å². The number of halogens is 1. The summed E-state index contributed by atoms with van der Waals surface area (Å²) in [4.78, 5) is 13.8. The van der Waals surface area contributed by atoms with Crippen molar-refractivity contribution in [3.8, 4) is 0 Å². The zero-order valence-corrected chi connectivity index (χ0v) is 23.8. The maximum absolute atomic E-state index is 13.7. The summed E-state index contributed by atoms with van der Waals surface area (Å²) in [5.74, 6) is -0.170. The maximum atomic E-state index is 13.7. The minimum absolute atomic E-state index is 0.148. The van der Waals surface area contributed by atoms with Crippen molar-refractivity contribution in [2.45, 2.75) is 71.5 Å². The maximum Gasteiger partial charge on any atom is 0.496 e. The summed E-state index contributed by atoms with van der Waals surface area (Å²) in [5.41, 5.74) is 0.319. The first-order chi connectivity index (χ1) is 16.0. The Morgan fingerprint density at radius 2 is 1.51 bits per heavy atom. The van der Waals surface area contributed by atoms with E-state index >= 15 is 0 Å². The molecule has 3 aromatic rings. The molecule has 2 heterocycles. The fraction of sp³-hybridized carbons (Fsp3) is 0.423. The largest absolute Gasteiger partial charge is 0.496 e. The van der Waals surface area contributed by atoms with Gasteiger partial charge in [-0.05, 0) is 58.9 Å². The molecule has 35 heavy (non-hydrogen) atoms. The van der Waals surface area contributed by atoms with Gasteiger partial charge in [-0.3, -0.25) is 4.79 Å². The van der Waals surface area contributed by atoms with Crippen LogP contribution in [0.5, 0.6) is 0 Å². The van der Waals surface area contributed by atoms with Crippen molar-refractivity contribution < 1.29 is 22.5 Å². The molecule has 1 fully saturated rings. The van der Waals surface area contributed by atoms with E-state index in [4.69, 9.17) is 9.31 Å². The van der Waals surface area contributed by atoms with Crippen LogP contribution >= 0.6 is 15.9 Å². The standard InChI is InChI=1S/C26H31BBrNO5S/c1-16-9-11-17(12-10-16)35(31,32)29-15-18(23(30)24(2,3)4)21-20(29)14-13-19(28)22(21)27-33-25(5,6)26(7,8)34-27/h9-15H,1-8H3. The number of Topliss-reactive ketones (excluding diaryl/α,β-unsaturated/α-hetero) is 1. The van der Waals surface area contributed by atoms with Crippen molar-refractivity contribution in [2.75, 3.05) is 0 Å². The van der Waals surface area contributed by atoms with Crippen molar-refractivity contribution in [3.63, 3.8) is 0 Å². The third-order valence-electron chi connectivity index (χ3n) is 6.92. The molecule has 0 bridgehead atoms. The Labute approximate surface area is 216 Å². The summed E-state index contributed by atoms with van der Waals surface area (Å²) >= 11 is 3.62. The van der Waals surface area contributed by atoms with Gasteiger partial charge in [0.05, 0.1) is 21.6 Å². The number of nitrogens with zero attached hydrogens (tertiary/aromatic N) is 1. The topological polar surface area (TPSA) is 74.6 Å². The van der Waals surface area contributed by atoms with Gasteiger partial charge in [-0.25, -0.2) is 12.4 Å². The van der Waals surface area contributed by atoms with Gasteiger partial charge in [0.2, 0.25) is 0 Å². The molecule has 1 saturated heterocycles. The van der Waals surface area contributed by atoms with Crippen LogP contribution in [0.2, 0.25) is 0 Å². The minimum atomic E-state index is -3.97. The number of fused-ring (bicyclic) bond motifs is 1. The van der Waals surface area contributed by atoms with E-state index in [1.165, 1.54) is 10.2 Å². The van der Waals surface area contributed by atoms with E-state index in [-0.39, 0.29) is 10.7 Å². The average Bonchev–Trinajstić information content (AvgIpc) is 3.21. The van der Waals surface area contributed by atoms with E-state index in [1.54, 1.807) is 36.4 Å². The molecule has 0 N–H and O–H groups in total. The van der Waals surface area contributed by atoms with Crippen molar-refractivity contribution in [1.82, 2.24) is 3.97 Å². The number of hydrogen-bond acceptors (Lipinski definition) is 5. The Balaban J connectivity index is 2.05. The predicted octanol–water partition coefficient (Wildman–Crippen LogP) is 5.48. The van der Waals surface area contributed by atoms with E-state index in [1.807, 2.05) is 55.4 Å². The molecule has 0 unspecified atom stereocenters. The van der Waals surface area contributed by atoms with Crippen LogP contribution in [0.3, 0.4) is 0 Å². The molecule has 0 aliphatic carbocycles. The predicted molar refractivity (Wildman–Crippen MR) is 143 cm³/mol. The summed E-state index contributed by atoms with van der Waals surface area (Å²) in [6, 6.07) is 10.2. The first-order valence-electron chi connectivity index (χ1n) is 11.5. The Kier molecular flexibility index (Phi) is 6.20. The average molecular weight is 560 g/mol. The normalized spacial score (nSPS) is 17.8. The molecule has 0 saturated carbocycles. The van der Waals surface area contributed by atoms with Crippen molar-refractivity contribution >= 4 is 55.2 Å². The second-order valence-electron chi connectivity index (χ2n) is 11.2. The lowest BCUT2D eigenvalue weighted by Gasteiger charge is -2.32. The Bertz CT molecular complexity index is 1420. The molecule has 1 aromatic heterocycles. The summed E-state index contributed by atoms with van der Waals surface area (Å²) in [6.45, 7) is 15.2. The number of carbonyl (C=O) groups is 1. The van der Waals surface area contributed by atoms with Crippen molar-refractivity contribution in [2.24, 2.45) is 5.41 Å². The molecule has 1 aliphatic rings. The van der Waals surface area contributed by atoms with Crippen molar-refractivity contribution in [3.05, 3.63) is 58.2 Å². The number of rotatable bonds is 4. The quantitative estimate of drug-likeness (QED) is 0.312. The minimum Gasteiger partial charge on any atom is -0.399 e. The van der Waals surface area contributed by atoms with Gasteiger partial charge in [0.25, 0.3) is 10.0 Å². The highest BCUT2D eigenvalue weighted by atomic mass is 79.9. The molecule has 1 aliphatic heterocycles.